The van der Waals surface area contributed by atoms with Crippen LogP contribution < -0.4 is 10.2 Å². The van der Waals surface area contributed by atoms with Gasteiger partial charge < -0.3 is 10.1 Å². The van der Waals surface area contributed by atoms with Gasteiger partial charge in [-0.15, -0.1) is 11.3 Å². The Hall–Kier alpha value is -3.80. The van der Waals surface area contributed by atoms with Gasteiger partial charge in [0.05, 0.1) is 29.1 Å². The number of nitro benzene ring substituents is 1. The summed E-state index contributed by atoms with van der Waals surface area (Å²) in [6.45, 7) is -0.271. The maximum absolute atomic E-state index is 12.4. The van der Waals surface area contributed by atoms with Crippen molar-refractivity contribution in [1.82, 2.24) is 10.2 Å². The fourth-order valence-electron chi connectivity index (χ4n) is 3.19. The Morgan fingerprint density at radius 1 is 1.23 bits per heavy atom. The second-order valence-electron chi connectivity index (χ2n) is 6.56. The van der Waals surface area contributed by atoms with Crippen molar-refractivity contribution in [3.63, 3.8) is 0 Å². The number of non-ortho nitro benzene ring substituents is 1. The molecule has 12 heteroatoms. The predicted octanol–water partition coefficient (Wildman–Crippen LogP) is 1.39. The number of carbonyl (C=O) groups is 4. The van der Waals surface area contributed by atoms with E-state index in [2.05, 4.69) is 5.32 Å². The second kappa shape index (κ2) is 7.55. The fraction of sp³-hybridized carbons (Fsp3) is 0.222. The molecule has 0 saturated carbocycles. The summed E-state index contributed by atoms with van der Waals surface area (Å²) in [7, 11) is 0. The minimum atomic E-state index is -0.773. The van der Waals surface area contributed by atoms with Crippen molar-refractivity contribution >= 4 is 45.8 Å². The first-order valence-electron chi connectivity index (χ1n) is 8.78. The summed E-state index contributed by atoms with van der Waals surface area (Å²) in [6.07, 6.45) is -1.09. The molecular weight excluding hydrogens is 416 g/mol. The number of thiophene rings is 1. The molecule has 4 rings (SSSR count). The molecule has 11 nitrogen and oxygen atoms in total. The topological polar surface area (TPSA) is 139 Å². The Morgan fingerprint density at radius 2 is 2.00 bits per heavy atom. The van der Waals surface area contributed by atoms with Crippen molar-refractivity contribution < 1.29 is 28.8 Å². The van der Waals surface area contributed by atoms with Gasteiger partial charge in [-0.3, -0.25) is 34.3 Å². The van der Waals surface area contributed by atoms with E-state index in [-0.39, 0.29) is 29.9 Å². The van der Waals surface area contributed by atoms with Crippen molar-refractivity contribution in [2.75, 3.05) is 24.5 Å². The smallest absolute Gasteiger partial charge is 0.415 e. The van der Waals surface area contributed by atoms with Crippen molar-refractivity contribution in [3.05, 3.63) is 57.0 Å². The maximum Gasteiger partial charge on any atom is 0.415 e. The van der Waals surface area contributed by atoms with Gasteiger partial charge in [-0.1, -0.05) is 0 Å². The highest BCUT2D eigenvalue weighted by atomic mass is 32.1. The Labute approximate surface area is 173 Å². The van der Waals surface area contributed by atoms with Gasteiger partial charge in [0.2, 0.25) is 5.91 Å². The average molecular weight is 430 g/mol. The molecule has 1 atom stereocenters. The van der Waals surface area contributed by atoms with Crippen LogP contribution in [0.2, 0.25) is 0 Å². The zero-order valence-electron chi connectivity index (χ0n) is 15.3. The number of hydrogen-bond donors (Lipinski definition) is 1. The molecule has 0 spiro atoms. The van der Waals surface area contributed by atoms with Crippen LogP contribution in [0.15, 0.2) is 35.7 Å². The number of nitrogens with one attached hydrogen (secondary N) is 1. The Morgan fingerprint density at radius 3 is 2.70 bits per heavy atom. The molecular formula is C18H14N4O7S. The molecule has 154 valence electrons. The maximum atomic E-state index is 12.4. The largest absolute Gasteiger partial charge is 0.442 e. The molecule has 30 heavy (non-hydrogen) atoms. The number of amides is 4. The molecule has 0 bridgehead atoms. The van der Waals surface area contributed by atoms with Gasteiger partial charge in [-0.2, -0.15) is 0 Å². The van der Waals surface area contributed by atoms with E-state index < -0.39 is 41.4 Å². The van der Waals surface area contributed by atoms with Crippen LogP contribution in [-0.4, -0.2) is 59.4 Å². The average Bonchev–Trinajstić information content (AvgIpc) is 3.42. The van der Waals surface area contributed by atoms with Gasteiger partial charge in [0, 0.05) is 12.1 Å². The minimum Gasteiger partial charge on any atom is -0.442 e. The van der Waals surface area contributed by atoms with Crippen LogP contribution in [0.5, 0.6) is 0 Å². The molecule has 2 aromatic rings. The number of fused-ring (bicyclic) bond motifs is 1. The molecule has 1 saturated heterocycles. The standard InChI is InChI=1S/C18H14N4O7S/c23-14(19-7-11-8-20(18(26)29-11)15-2-1-5-30-15)9-21-16(24)12-4-3-10(22(27)28)6-13(12)17(21)25/h1-6,11H,7-9H2,(H,19,23). The van der Waals surface area contributed by atoms with E-state index in [9.17, 15) is 29.3 Å². The molecule has 1 aromatic carbocycles. The number of rotatable bonds is 6. The number of cyclic esters (lactones) is 1. The van der Waals surface area contributed by atoms with Crippen LogP contribution >= 0.6 is 11.3 Å². The summed E-state index contributed by atoms with van der Waals surface area (Å²) in [5, 5.41) is 16.0. The number of ether oxygens (including phenoxy) is 1. The van der Waals surface area contributed by atoms with E-state index in [1.807, 2.05) is 5.38 Å². The fourth-order valence-corrected chi connectivity index (χ4v) is 3.92. The molecule has 3 heterocycles. The molecule has 1 aromatic heterocycles. The number of carbonyl (C=O) groups excluding carboxylic acids is 4. The number of nitrogens with zero attached hydrogens (tertiary/aromatic N) is 3. The third kappa shape index (κ3) is 3.48. The zero-order chi connectivity index (χ0) is 21.4. The normalized spacial score (nSPS) is 17.9. The molecule has 0 radical (unpaired) electrons. The third-order valence-corrected chi connectivity index (χ3v) is 5.53. The molecule has 0 aliphatic carbocycles. The number of nitro groups is 1. The molecule has 2 aliphatic rings. The lowest BCUT2D eigenvalue weighted by atomic mass is 10.1. The van der Waals surface area contributed by atoms with Crippen molar-refractivity contribution in [2.45, 2.75) is 6.10 Å². The van der Waals surface area contributed by atoms with E-state index in [0.29, 0.717) is 0 Å². The highest BCUT2D eigenvalue weighted by Crippen LogP contribution is 2.27. The number of benzene rings is 1. The monoisotopic (exact) mass is 430 g/mol. The molecule has 1 fully saturated rings. The quantitative estimate of drug-likeness (QED) is 0.415. The summed E-state index contributed by atoms with van der Waals surface area (Å²) in [5.41, 5.74) is -0.424. The van der Waals surface area contributed by atoms with Crippen LogP contribution in [-0.2, 0) is 9.53 Å². The molecule has 4 amide bonds. The summed E-state index contributed by atoms with van der Waals surface area (Å²) in [5.74, 6) is -2.09. The molecule has 1 N–H and O–H groups in total. The van der Waals surface area contributed by atoms with Crippen LogP contribution in [0.25, 0.3) is 0 Å². The van der Waals surface area contributed by atoms with Crippen LogP contribution in [0, 0.1) is 10.1 Å². The summed E-state index contributed by atoms with van der Waals surface area (Å²) in [6, 6.07) is 6.92. The van der Waals surface area contributed by atoms with Crippen LogP contribution in [0.3, 0.4) is 0 Å². The summed E-state index contributed by atoms with van der Waals surface area (Å²) < 4.78 is 5.21. The second-order valence-corrected chi connectivity index (χ2v) is 7.48. The first kappa shape index (κ1) is 19.5. The molecule has 2 aliphatic heterocycles. The number of imide groups is 1. The summed E-state index contributed by atoms with van der Waals surface area (Å²) >= 11 is 1.38. The van der Waals surface area contributed by atoms with E-state index in [4.69, 9.17) is 4.74 Å². The van der Waals surface area contributed by atoms with E-state index in [1.54, 1.807) is 12.1 Å². The van der Waals surface area contributed by atoms with Crippen LogP contribution in [0.1, 0.15) is 20.7 Å². The predicted molar refractivity (Wildman–Crippen MR) is 103 cm³/mol. The Bertz CT molecular complexity index is 1070. The van der Waals surface area contributed by atoms with Crippen molar-refractivity contribution in [3.8, 4) is 0 Å². The lowest BCUT2D eigenvalue weighted by molar-refractivity contribution is -0.384. The van der Waals surface area contributed by atoms with Gasteiger partial charge >= 0.3 is 6.09 Å². The lowest BCUT2D eigenvalue weighted by Crippen LogP contribution is -2.43. The van der Waals surface area contributed by atoms with E-state index >= 15 is 0 Å². The lowest BCUT2D eigenvalue weighted by Gasteiger charge is -2.15. The SMILES string of the molecule is O=C(CN1C(=O)c2ccc([N+](=O)[O-])cc2C1=O)NCC1CN(c2cccs2)C(=O)O1. The van der Waals surface area contributed by atoms with Gasteiger partial charge in [-0.05, 0) is 23.6 Å². The van der Waals surface area contributed by atoms with E-state index in [1.165, 1.54) is 22.3 Å². The van der Waals surface area contributed by atoms with E-state index in [0.717, 1.165) is 22.0 Å². The first-order chi connectivity index (χ1) is 14.3. The van der Waals surface area contributed by atoms with Gasteiger partial charge in [-0.25, -0.2) is 4.79 Å². The Balaban J connectivity index is 1.34. The molecule has 1 unspecified atom stereocenters. The highest BCUT2D eigenvalue weighted by molar-refractivity contribution is 7.14. The van der Waals surface area contributed by atoms with Crippen LogP contribution in [0.4, 0.5) is 15.5 Å². The van der Waals surface area contributed by atoms with Gasteiger partial charge in [0.25, 0.3) is 17.5 Å². The van der Waals surface area contributed by atoms with Gasteiger partial charge in [0.15, 0.2) is 0 Å². The zero-order valence-corrected chi connectivity index (χ0v) is 16.1. The Kier molecular flexibility index (Phi) is 4.91. The van der Waals surface area contributed by atoms with Crippen molar-refractivity contribution in [1.29, 1.82) is 0 Å². The first-order valence-corrected chi connectivity index (χ1v) is 9.66. The van der Waals surface area contributed by atoms with Crippen molar-refractivity contribution in [2.24, 2.45) is 0 Å². The third-order valence-electron chi connectivity index (χ3n) is 4.64. The summed E-state index contributed by atoms with van der Waals surface area (Å²) in [4.78, 5) is 61.4. The highest BCUT2D eigenvalue weighted by Gasteiger charge is 2.38. The van der Waals surface area contributed by atoms with Gasteiger partial charge in [0.1, 0.15) is 17.6 Å². The number of anilines is 1. The minimum absolute atomic E-state index is 0.00899. The number of hydrogen-bond acceptors (Lipinski definition) is 8.